The van der Waals surface area contributed by atoms with E-state index in [0.29, 0.717) is 19.4 Å². The molecule has 0 saturated carbocycles. The summed E-state index contributed by atoms with van der Waals surface area (Å²) < 4.78 is 0. The van der Waals surface area contributed by atoms with E-state index in [1.807, 2.05) is 13.2 Å². The number of amides is 2. The second-order valence-corrected chi connectivity index (χ2v) is 5.05. The highest BCUT2D eigenvalue weighted by Gasteiger charge is 2.10. The Hall–Kier alpha value is -0.910. The van der Waals surface area contributed by atoms with Gasteiger partial charge in [0.05, 0.1) is 5.92 Å². The lowest BCUT2D eigenvalue weighted by Gasteiger charge is -2.13. The van der Waals surface area contributed by atoms with Gasteiger partial charge in [0.25, 0.3) is 0 Å². The van der Waals surface area contributed by atoms with Gasteiger partial charge in [-0.3, -0.25) is 4.79 Å². The summed E-state index contributed by atoms with van der Waals surface area (Å²) in [4.78, 5) is 21.9. The molecular weight excluding hydrogens is 240 g/mol. The van der Waals surface area contributed by atoms with Crippen molar-refractivity contribution < 1.29 is 14.7 Å². The molecule has 5 nitrogen and oxygen atoms in total. The van der Waals surface area contributed by atoms with Crippen molar-refractivity contribution in [3.63, 3.8) is 0 Å². The largest absolute Gasteiger partial charge is 0.481 e. The maximum absolute atomic E-state index is 11.4. The van der Waals surface area contributed by atoms with Crippen molar-refractivity contribution in [2.75, 3.05) is 18.6 Å². The highest BCUT2D eigenvalue weighted by atomic mass is 32.2. The monoisotopic (exact) mass is 262 g/mol. The van der Waals surface area contributed by atoms with Crippen LogP contribution in [0.2, 0.25) is 0 Å². The first kappa shape index (κ1) is 16.1. The van der Waals surface area contributed by atoms with Gasteiger partial charge in [-0.15, -0.1) is 0 Å². The predicted octanol–water partition coefficient (Wildman–Crippen LogP) is 1.54. The molecule has 17 heavy (non-hydrogen) atoms. The van der Waals surface area contributed by atoms with Crippen LogP contribution >= 0.6 is 11.8 Å². The first-order valence-electron chi connectivity index (χ1n) is 5.73. The Kier molecular flexibility index (Phi) is 8.66. The van der Waals surface area contributed by atoms with Gasteiger partial charge in [0.2, 0.25) is 0 Å². The highest BCUT2D eigenvalue weighted by Crippen LogP contribution is 2.04. The van der Waals surface area contributed by atoms with E-state index < -0.39 is 5.97 Å². The molecule has 0 saturated heterocycles. The predicted molar refractivity (Wildman–Crippen MR) is 70.4 cm³/mol. The summed E-state index contributed by atoms with van der Waals surface area (Å²) >= 11 is 1.68. The lowest BCUT2D eigenvalue weighted by atomic mass is 10.1. The Balaban J connectivity index is 3.55. The molecule has 0 aliphatic rings. The van der Waals surface area contributed by atoms with Crippen LogP contribution in [0.25, 0.3) is 0 Å². The number of carboxylic acid groups (broad SMARTS) is 1. The molecule has 0 aromatic carbocycles. The minimum absolute atomic E-state index is 0.142. The van der Waals surface area contributed by atoms with Gasteiger partial charge in [-0.2, -0.15) is 11.8 Å². The molecule has 0 aliphatic heterocycles. The van der Waals surface area contributed by atoms with Crippen molar-refractivity contribution in [3.05, 3.63) is 0 Å². The number of thioether (sulfide) groups is 1. The Morgan fingerprint density at radius 2 is 2.00 bits per heavy atom. The first-order chi connectivity index (χ1) is 7.97. The van der Waals surface area contributed by atoms with Crippen LogP contribution in [0.4, 0.5) is 4.79 Å². The van der Waals surface area contributed by atoms with E-state index in [-0.39, 0.29) is 18.0 Å². The number of carboxylic acids is 1. The van der Waals surface area contributed by atoms with Crippen LogP contribution < -0.4 is 10.6 Å². The number of aliphatic carboxylic acids is 1. The summed E-state index contributed by atoms with van der Waals surface area (Å²) in [5.74, 6) is -0.262. The number of hydrogen-bond donors (Lipinski definition) is 3. The standard InChI is InChI=1S/C11H22N2O3S/c1-8(10(14)15)5-4-6-12-11(16)13-9(2)7-17-3/h8-9H,4-7H2,1-3H3,(H,14,15)(H2,12,13,16). The van der Waals surface area contributed by atoms with Gasteiger partial charge in [-0.1, -0.05) is 6.92 Å². The zero-order valence-electron chi connectivity index (χ0n) is 10.7. The van der Waals surface area contributed by atoms with Crippen molar-refractivity contribution in [3.8, 4) is 0 Å². The average molecular weight is 262 g/mol. The van der Waals surface area contributed by atoms with E-state index in [9.17, 15) is 9.59 Å². The van der Waals surface area contributed by atoms with Gasteiger partial charge in [0.1, 0.15) is 0 Å². The van der Waals surface area contributed by atoms with E-state index in [2.05, 4.69) is 10.6 Å². The van der Waals surface area contributed by atoms with E-state index in [1.165, 1.54) is 0 Å². The molecule has 0 bridgehead atoms. The Labute approximate surface area is 107 Å². The molecule has 0 aliphatic carbocycles. The lowest BCUT2D eigenvalue weighted by Crippen LogP contribution is -2.42. The third kappa shape index (κ3) is 8.85. The van der Waals surface area contributed by atoms with Crippen molar-refractivity contribution in [2.45, 2.75) is 32.7 Å². The Morgan fingerprint density at radius 3 is 2.53 bits per heavy atom. The average Bonchev–Trinajstić information content (AvgIpc) is 2.24. The summed E-state index contributed by atoms with van der Waals surface area (Å²) in [7, 11) is 0. The summed E-state index contributed by atoms with van der Waals surface area (Å²) in [6.45, 7) is 4.13. The maximum atomic E-state index is 11.4. The number of rotatable bonds is 8. The number of hydrogen-bond acceptors (Lipinski definition) is 3. The molecule has 2 atom stereocenters. The smallest absolute Gasteiger partial charge is 0.315 e. The van der Waals surface area contributed by atoms with Gasteiger partial charge in [-0.25, -0.2) is 4.79 Å². The fourth-order valence-corrected chi connectivity index (χ4v) is 1.88. The SMILES string of the molecule is CSCC(C)NC(=O)NCCCC(C)C(=O)O. The Bertz CT molecular complexity index is 249. The topological polar surface area (TPSA) is 78.4 Å². The van der Waals surface area contributed by atoms with Crippen molar-refractivity contribution in [1.29, 1.82) is 0 Å². The lowest BCUT2D eigenvalue weighted by molar-refractivity contribution is -0.141. The van der Waals surface area contributed by atoms with Crippen molar-refractivity contribution in [1.82, 2.24) is 10.6 Å². The quantitative estimate of drug-likeness (QED) is 0.580. The zero-order chi connectivity index (χ0) is 13.3. The fraction of sp³-hybridized carbons (Fsp3) is 0.818. The molecule has 0 fully saturated rings. The molecule has 0 spiro atoms. The molecule has 100 valence electrons. The van der Waals surface area contributed by atoms with Gasteiger partial charge in [-0.05, 0) is 26.0 Å². The Morgan fingerprint density at radius 1 is 1.35 bits per heavy atom. The fourth-order valence-electron chi connectivity index (χ4n) is 1.30. The molecule has 2 unspecified atom stereocenters. The third-order valence-corrected chi connectivity index (χ3v) is 3.15. The number of nitrogens with one attached hydrogen (secondary N) is 2. The van der Waals surface area contributed by atoms with Gasteiger partial charge in [0.15, 0.2) is 0 Å². The summed E-state index contributed by atoms with van der Waals surface area (Å²) in [6.07, 6.45) is 3.25. The second-order valence-electron chi connectivity index (χ2n) is 4.14. The van der Waals surface area contributed by atoms with Crippen molar-refractivity contribution in [2.24, 2.45) is 5.92 Å². The summed E-state index contributed by atoms with van der Waals surface area (Å²) in [6, 6.07) is -0.0440. The number of carbonyl (C=O) groups is 2. The number of urea groups is 1. The second kappa shape index (κ2) is 9.15. The van der Waals surface area contributed by atoms with Crippen LogP contribution in [-0.2, 0) is 4.79 Å². The van der Waals surface area contributed by atoms with Gasteiger partial charge in [0, 0.05) is 18.3 Å². The van der Waals surface area contributed by atoms with E-state index in [1.54, 1.807) is 18.7 Å². The molecule has 0 aromatic heterocycles. The zero-order valence-corrected chi connectivity index (χ0v) is 11.5. The normalized spacial score (nSPS) is 13.8. The van der Waals surface area contributed by atoms with Crippen LogP contribution in [-0.4, -0.2) is 41.7 Å². The van der Waals surface area contributed by atoms with Crippen LogP contribution in [0.3, 0.4) is 0 Å². The molecule has 0 rings (SSSR count). The molecule has 2 amide bonds. The van der Waals surface area contributed by atoms with Crippen LogP contribution in [0, 0.1) is 5.92 Å². The van der Waals surface area contributed by atoms with E-state index >= 15 is 0 Å². The van der Waals surface area contributed by atoms with E-state index in [0.717, 1.165) is 5.75 Å². The van der Waals surface area contributed by atoms with Crippen molar-refractivity contribution >= 4 is 23.8 Å². The summed E-state index contributed by atoms with van der Waals surface area (Å²) in [5.41, 5.74) is 0. The van der Waals surface area contributed by atoms with Gasteiger partial charge >= 0.3 is 12.0 Å². The highest BCUT2D eigenvalue weighted by molar-refractivity contribution is 7.98. The third-order valence-electron chi connectivity index (χ3n) is 2.32. The van der Waals surface area contributed by atoms with E-state index in [4.69, 9.17) is 5.11 Å². The molecule has 0 radical (unpaired) electrons. The van der Waals surface area contributed by atoms with Crippen LogP contribution in [0.1, 0.15) is 26.7 Å². The first-order valence-corrected chi connectivity index (χ1v) is 7.12. The molecule has 0 heterocycles. The molecular formula is C11H22N2O3S. The molecule has 0 aromatic rings. The molecule has 6 heteroatoms. The minimum atomic E-state index is -0.789. The minimum Gasteiger partial charge on any atom is -0.481 e. The van der Waals surface area contributed by atoms with Gasteiger partial charge < -0.3 is 15.7 Å². The van der Waals surface area contributed by atoms with Crippen LogP contribution in [0.15, 0.2) is 0 Å². The summed E-state index contributed by atoms with van der Waals surface area (Å²) in [5, 5.41) is 14.2. The van der Waals surface area contributed by atoms with Crippen LogP contribution in [0.5, 0.6) is 0 Å². The number of carbonyl (C=O) groups excluding carboxylic acids is 1. The molecule has 3 N–H and O–H groups in total. The maximum Gasteiger partial charge on any atom is 0.315 e.